The first kappa shape index (κ1) is 19.6. The predicted octanol–water partition coefficient (Wildman–Crippen LogP) is 4.53. The van der Waals surface area contributed by atoms with Crippen LogP contribution < -0.4 is 10.1 Å². The van der Waals surface area contributed by atoms with Gasteiger partial charge in [0.1, 0.15) is 12.4 Å². The third kappa shape index (κ3) is 4.40. The first-order valence-electron chi connectivity index (χ1n) is 8.38. The number of nitrogens with zero attached hydrogens (tertiary/aromatic N) is 1. The number of hydrogen-bond donors (Lipinski definition) is 1. The van der Waals surface area contributed by atoms with Crippen LogP contribution in [0.4, 0.5) is 18.9 Å². The van der Waals surface area contributed by atoms with E-state index in [1.807, 2.05) is 0 Å². The van der Waals surface area contributed by atoms with Gasteiger partial charge in [0.15, 0.2) is 0 Å². The Balaban J connectivity index is 1.95. The molecule has 0 spiro atoms. The molecule has 2 aromatic carbocycles. The summed E-state index contributed by atoms with van der Waals surface area (Å²) in [6.45, 7) is 0.381. The van der Waals surface area contributed by atoms with Crippen LogP contribution in [0.3, 0.4) is 0 Å². The van der Waals surface area contributed by atoms with E-state index < -0.39 is 17.6 Å². The number of anilines is 1. The van der Waals surface area contributed by atoms with E-state index >= 15 is 0 Å². The molecular weight excluding hydrogens is 373 g/mol. The van der Waals surface area contributed by atoms with Gasteiger partial charge in [-0.2, -0.15) is 13.2 Å². The molecular formula is C20H17F3N2O3. The molecule has 1 N–H and O–H groups in total. The second-order valence-corrected chi connectivity index (χ2v) is 5.88. The van der Waals surface area contributed by atoms with E-state index in [-0.39, 0.29) is 24.7 Å². The Morgan fingerprint density at radius 1 is 1.11 bits per heavy atom. The zero-order valence-corrected chi connectivity index (χ0v) is 14.9. The van der Waals surface area contributed by atoms with E-state index in [9.17, 15) is 18.0 Å². The van der Waals surface area contributed by atoms with E-state index in [0.29, 0.717) is 16.5 Å². The van der Waals surface area contributed by atoms with E-state index in [4.69, 9.17) is 9.47 Å². The van der Waals surface area contributed by atoms with Gasteiger partial charge in [0.25, 0.3) is 5.91 Å². The Morgan fingerprint density at radius 3 is 2.68 bits per heavy atom. The van der Waals surface area contributed by atoms with Gasteiger partial charge < -0.3 is 14.8 Å². The van der Waals surface area contributed by atoms with Gasteiger partial charge in [0.2, 0.25) is 0 Å². The van der Waals surface area contributed by atoms with Crippen molar-refractivity contribution in [2.75, 3.05) is 25.6 Å². The lowest BCUT2D eigenvalue weighted by Crippen LogP contribution is -2.15. The number of alkyl halides is 3. The van der Waals surface area contributed by atoms with Gasteiger partial charge in [-0.15, -0.1) is 0 Å². The Morgan fingerprint density at radius 2 is 1.93 bits per heavy atom. The number of benzene rings is 2. The summed E-state index contributed by atoms with van der Waals surface area (Å²) in [7, 11) is 1.48. The number of carbonyl (C=O) groups is 1. The molecule has 0 aliphatic carbocycles. The first-order chi connectivity index (χ1) is 13.4. The molecule has 1 aromatic heterocycles. The van der Waals surface area contributed by atoms with Gasteiger partial charge in [-0.3, -0.25) is 9.78 Å². The number of rotatable bonds is 6. The van der Waals surface area contributed by atoms with E-state index in [0.717, 1.165) is 12.1 Å². The second kappa shape index (κ2) is 8.26. The number of hydrogen-bond acceptors (Lipinski definition) is 4. The third-order valence-electron chi connectivity index (χ3n) is 3.99. The highest BCUT2D eigenvalue weighted by Gasteiger charge is 2.31. The summed E-state index contributed by atoms with van der Waals surface area (Å²) in [4.78, 5) is 16.9. The van der Waals surface area contributed by atoms with Gasteiger partial charge in [-0.1, -0.05) is 12.1 Å². The van der Waals surface area contributed by atoms with Crippen molar-refractivity contribution in [1.82, 2.24) is 4.98 Å². The van der Waals surface area contributed by atoms with E-state index in [1.54, 1.807) is 36.5 Å². The molecule has 0 saturated heterocycles. The number of carbonyl (C=O) groups excluding carboxylic acids is 1. The predicted molar refractivity (Wildman–Crippen MR) is 98.5 cm³/mol. The summed E-state index contributed by atoms with van der Waals surface area (Å²) in [5, 5.41) is 3.12. The summed E-state index contributed by atoms with van der Waals surface area (Å²) < 4.78 is 49.6. The Kier molecular flexibility index (Phi) is 5.79. The van der Waals surface area contributed by atoms with Crippen molar-refractivity contribution in [3.63, 3.8) is 0 Å². The second-order valence-electron chi connectivity index (χ2n) is 5.88. The minimum Gasteiger partial charge on any atom is -0.489 e. The fourth-order valence-electron chi connectivity index (χ4n) is 2.66. The number of methoxy groups -OCH3 is 1. The maximum absolute atomic E-state index is 13.1. The number of fused-ring (bicyclic) bond motifs is 1. The van der Waals surface area contributed by atoms with Gasteiger partial charge in [0, 0.05) is 24.3 Å². The average molecular weight is 390 g/mol. The molecule has 0 unspecified atom stereocenters. The van der Waals surface area contributed by atoms with Crippen molar-refractivity contribution < 1.29 is 27.4 Å². The fourth-order valence-corrected chi connectivity index (χ4v) is 2.66. The molecule has 0 radical (unpaired) electrons. The monoisotopic (exact) mass is 390 g/mol. The molecule has 0 bridgehead atoms. The Bertz CT molecular complexity index is 985. The molecule has 8 heteroatoms. The molecule has 5 nitrogen and oxygen atoms in total. The van der Waals surface area contributed by atoms with Gasteiger partial charge >= 0.3 is 6.18 Å². The minimum absolute atomic E-state index is 0.0724. The van der Waals surface area contributed by atoms with Crippen LogP contribution in [0.25, 0.3) is 10.9 Å². The number of nitrogens with one attached hydrogen (secondary N) is 1. The highest BCUT2D eigenvalue weighted by atomic mass is 19.4. The number of amides is 1. The zero-order chi connectivity index (χ0) is 20.1. The van der Waals surface area contributed by atoms with Crippen LogP contribution in [0.15, 0.2) is 54.7 Å². The SMILES string of the molecule is COCCOc1ccc(C(F)(F)F)cc1NC(=O)c1cccc2ncccc12. The zero-order valence-electron chi connectivity index (χ0n) is 14.9. The first-order valence-corrected chi connectivity index (χ1v) is 8.38. The van der Waals surface area contributed by atoms with Gasteiger partial charge in [0.05, 0.1) is 23.4 Å². The van der Waals surface area contributed by atoms with Crippen LogP contribution in [0.1, 0.15) is 15.9 Å². The maximum Gasteiger partial charge on any atom is 0.416 e. The van der Waals surface area contributed by atoms with Crippen LogP contribution in [-0.4, -0.2) is 31.2 Å². The molecule has 28 heavy (non-hydrogen) atoms. The lowest BCUT2D eigenvalue weighted by molar-refractivity contribution is -0.137. The molecule has 0 aliphatic rings. The molecule has 0 aliphatic heterocycles. The Hall–Kier alpha value is -3.13. The molecule has 146 valence electrons. The molecule has 1 amide bonds. The summed E-state index contributed by atoms with van der Waals surface area (Å²) in [6, 6.07) is 11.3. The van der Waals surface area contributed by atoms with Crippen molar-refractivity contribution >= 4 is 22.5 Å². The smallest absolute Gasteiger partial charge is 0.416 e. The largest absolute Gasteiger partial charge is 0.489 e. The van der Waals surface area contributed by atoms with Gasteiger partial charge in [-0.25, -0.2) is 0 Å². The summed E-state index contributed by atoms with van der Waals surface area (Å²) in [5.74, 6) is -0.439. The molecule has 0 atom stereocenters. The van der Waals surface area contributed by atoms with Crippen LogP contribution >= 0.6 is 0 Å². The van der Waals surface area contributed by atoms with Crippen LogP contribution in [0, 0.1) is 0 Å². The Labute approximate surface area is 159 Å². The fraction of sp³-hybridized carbons (Fsp3) is 0.200. The lowest BCUT2D eigenvalue weighted by Gasteiger charge is -2.16. The van der Waals surface area contributed by atoms with Crippen molar-refractivity contribution in [2.24, 2.45) is 0 Å². The van der Waals surface area contributed by atoms with Crippen LogP contribution in [0.2, 0.25) is 0 Å². The molecule has 1 heterocycles. The molecule has 3 rings (SSSR count). The average Bonchev–Trinajstić information content (AvgIpc) is 2.68. The van der Waals surface area contributed by atoms with Crippen molar-refractivity contribution in [3.8, 4) is 5.75 Å². The van der Waals surface area contributed by atoms with Crippen LogP contribution in [-0.2, 0) is 10.9 Å². The molecule has 0 saturated carbocycles. The number of aromatic nitrogens is 1. The number of pyridine rings is 1. The topological polar surface area (TPSA) is 60.5 Å². The molecule has 0 fully saturated rings. The quantitative estimate of drug-likeness (QED) is 0.628. The van der Waals surface area contributed by atoms with Crippen molar-refractivity contribution in [1.29, 1.82) is 0 Å². The normalized spacial score (nSPS) is 11.4. The lowest BCUT2D eigenvalue weighted by atomic mass is 10.1. The third-order valence-corrected chi connectivity index (χ3v) is 3.99. The standard InChI is InChI=1S/C20H17F3N2O3/c1-27-10-11-28-18-8-7-13(20(21,22)23)12-17(18)25-19(26)15-4-2-6-16-14(15)5-3-9-24-16/h2-9,12H,10-11H2,1H3,(H,25,26). The highest BCUT2D eigenvalue weighted by Crippen LogP contribution is 2.35. The number of halogens is 3. The summed E-state index contributed by atoms with van der Waals surface area (Å²) in [6.07, 6.45) is -2.95. The van der Waals surface area contributed by atoms with Crippen LogP contribution in [0.5, 0.6) is 5.75 Å². The van der Waals surface area contributed by atoms with Crippen molar-refractivity contribution in [3.05, 3.63) is 65.9 Å². The summed E-state index contributed by atoms with van der Waals surface area (Å²) >= 11 is 0. The summed E-state index contributed by atoms with van der Waals surface area (Å²) in [5.41, 5.74) is -0.0556. The number of ether oxygens (including phenoxy) is 2. The van der Waals surface area contributed by atoms with E-state index in [1.165, 1.54) is 13.2 Å². The minimum atomic E-state index is -4.55. The maximum atomic E-state index is 13.1. The van der Waals surface area contributed by atoms with Crippen molar-refractivity contribution in [2.45, 2.75) is 6.18 Å². The molecule has 3 aromatic rings. The highest BCUT2D eigenvalue weighted by molar-refractivity contribution is 6.12. The van der Waals surface area contributed by atoms with Gasteiger partial charge in [-0.05, 0) is 36.4 Å². The van der Waals surface area contributed by atoms with E-state index in [2.05, 4.69) is 10.3 Å².